The van der Waals surface area contributed by atoms with E-state index in [-0.39, 0.29) is 30.5 Å². The minimum absolute atomic E-state index is 0.0386. The van der Waals surface area contributed by atoms with E-state index in [1.165, 1.54) is 0 Å². The van der Waals surface area contributed by atoms with Crippen LogP contribution in [0.3, 0.4) is 0 Å². The first-order valence-electron chi connectivity index (χ1n) is 7.94. The molecule has 6 nitrogen and oxygen atoms in total. The van der Waals surface area contributed by atoms with Gasteiger partial charge < -0.3 is 10.4 Å². The van der Waals surface area contributed by atoms with Crippen molar-refractivity contribution in [2.24, 2.45) is 5.92 Å². The van der Waals surface area contributed by atoms with Crippen LogP contribution in [0.2, 0.25) is 0 Å². The van der Waals surface area contributed by atoms with E-state index in [4.69, 9.17) is 0 Å². The van der Waals surface area contributed by atoms with Crippen molar-refractivity contribution in [1.29, 1.82) is 0 Å². The number of aliphatic hydroxyl groups excluding tert-OH is 1. The standard InChI is InChI=1S/C17H22N4O2/c1-10(2)21-16-15(8-18-21)14(6-11(3)19-16)17(23)20-13-5-4-12(7-13)9-22/h4-6,8,10,12-13,22H,7,9H2,1-3H3,(H,20,23)/t12-,13+/m0/s1. The maximum Gasteiger partial charge on any atom is 0.252 e. The summed E-state index contributed by atoms with van der Waals surface area (Å²) >= 11 is 0. The van der Waals surface area contributed by atoms with Crippen molar-refractivity contribution in [3.8, 4) is 0 Å². The molecule has 0 bridgehead atoms. The molecule has 0 saturated heterocycles. The molecule has 6 heteroatoms. The fourth-order valence-electron chi connectivity index (χ4n) is 2.97. The molecule has 2 atom stereocenters. The van der Waals surface area contributed by atoms with Crippen LogP contribution in [0.5, 0.6) is 0 Å². The molecule has 0 saturated carbocycles. The molecule has 1 amide bonds. The Hall–Kier alpha value is -2.21. The Morgan fingerprint density at radius 1 is 1.48 bits per heavy atom. The molecular weight excluding hydrogens is 292 g/mol. The number of carbonyl (C=O) groups is 1. The average molecular weight is 314 g/mol. The number of rotatable bonds is 4. The number of hydrogen-bond donors (Lipinski definition) is 2. The topological polar surface area (TPSA) is 80.0 Å². The number of aliphatic hydroxyl groups is 1. The molecule has 1 aliphatic carbocycles. The van der Waals surface area contributed by atoms with Gasteiger partial charge in [-0.2, -0.15) is 5.10 Å². The molecule has 2 N–H and O–H groups in total. The molecular formula is C17H22N4O2. The Morgan fingerprint density at radius 3 is 2.91 bits per heavy atom. The molecule has 0 fully saturated rings. The van der Waals surface area contributed by atoms with Gasteiger partial charge in [0.25, 0.3) is 5.91 Å². The van der Waals surface area contributed by atoms with Crippen LogP contribution < -0.4 is 5.32 Å². The SMILES string of the molecule is Cc1cc(C(=O)N[C@@H]2C=C[C@H](CO)C2)c2cnn(C(C)C)c2n1. The second-order valence-corrected chi connectivity index (χ2v) is 6.37. The smallest absolute Gasteiger partial charge is 0.252 e. The molecule has 2 aromatic rings. The largest absolute Gasteiger partial charge is 0.396 e. The van der Waals surface area contributed by atoms with Gasteiger partial charge in [-0.05, 0) is 33.3 Å². The monoisotopic (exact) mass is 314 g/mol. The molecule has 0 spiro atoms. The van der Waals surface area contributed by atoms with Gasteiger partial charge in [0.2, 0.25) is 0 Å². The summed E-state index contributed by atoms with van der Waals surface area (Å²) in [5, 5.41) is 17.3. The van der Waals surface area contributed by atoms with Gasteiger partial charge in [0.05, 0.1) is 17.1 Å². The molecule has 0 unspecified atom stereocenters. The Morgan fingerprint density at radius 2 is 2.26 bits per heavy atom. The van der Waals surface area contributed by atoms with E-state index in [0.29, 0.717) is 5.56 Å². The molecule has 0 aromatic carbocycles. The van der Waals surface area contributed by atoms with E-state index in [1.807, 2.05) is 37.6 Å². The van der Waals surface area contributed by atoms with E-state index >= 15 is 0 Å². The fourth-order valence-corrected chi connectivity index (χ4v) is 2.97. The summed E-state index contributed by atoms with van der Waals surface area (Å²) in [7, 11) is 0. The first-order chi connectivity index (χ1) is 11.0. The van der Waals surface area contributed by atoms with Crippen molar-refractivity contribution < 1.29 is 9.90 Å². The van der Waals surface area contributed by atoms with E-state index in [9.17, 15) is 9.90 Å². The van der Waals surface area contributed by atoms with Gasteiger partial charge >= 0.3 is 0 Å². The molecule has 1 aliphatic rings. The Balaban J connectivity index is 1.90. The van der Waals surface area contributed by atoms with Crippen molar-refractivity contribution in [2.75, 3.05) is 6.61 Å². The minimum atomic E-state index is -0.128. The van der Waals surface area contributed by atoms with Crippen LogP contribution in [0.4, 0.5) is 0 Å². The summed E-state index contributed by atoms with van der Waals surface area (Å²) in [5.41, 5.74) is 2.13. The molecule has 3 rings (SSSR count). The lowest BCUT2D eigenvalue weighted by Gasteiger charge is -2.14. The quantitative estimate of drug-likeness (QED) is 0.846. The highest BCUT2D eigenvalue weighted by molar-refractivity contribution is 6.05. The zero-order valence-corrected chi connectivity index (χ0v) is 13.7. The van der Waals surface area contributed by atoms with Crippen LogP contribution in [-0.2, 0) is 0 Å². The van der Waals surface area contributed by atoms with Crippen molar-refractivity contribution in [3.63, 3.8) is 0 Å². The first-order valence-corrected chi connectivity index (χ1v) is 7.94. The Kier molecular flexibility index (Phi) is 4.17. The zero-order valence-electron chi connectivity index (χ0n) is 13.7. The fraction of sp³-hybridized carbons (Fsp3) is 0.471. The predicted octanol–water partition coefficient (Wildman–Crippen LogP) is 1.99. The normalized spacial score (nSPS) is 20.6. The van der Waals surface area contributed by atoms with E-state index < -0.39 is 0 Å². The summed E-state index contributed by atoms with van der Waals surface area (Å²) in [6.45, 7) is 6.07. The Bertz CT molecular complexity index is 763. The average Bonchev–Trinajstić information content (AvgIpc) is 3.12. The van der Waals surface area contributed by atoms with Gasteiger partial charge in [0, 0.05) is 30.3 Å². The number of hydrogen-bond acceptors (Lipinski definition) is 4. The van der Waals surface area contributed by atoms with Gasteiger partial charge in [0.15, 0.2) is 5.65 Å². The lowest BCUT2D eigenvalue weighted by molar-refractivity contribution is 0.0942. The number of aryl methyl sites for hydroxylation is 1. The van der Waals surface area contributed by atoms with Crippen molar-refractivity contribution in [3.05, 3.63) is 35.7 Å². The van der Waals surface area contributed by atoms with Crippen LogP contribution in [0, 0.1) is 12.8 Å². The van der Waals surface area contributed by atoms with Crippen LogP contribution in [0.1, 0.15) is 42.4 Å². The number of nitrogens with zero attached hydrogens (tertiary/aromatic N) is 3. The van der Waals surface area contributed by atoms with Crippen LogP contribution in [0.15, 0.2) is 24.4 Å². The molecule has 2 aromatic heterocycles. The van der Waals surface area contributed by atoms with Crippen LogP contribution >= 0.6 is 0 Å². The van der Waals surface area contributed by atoms with Gasteiger partial charge in [-0.25, -0.2) is 9.67 Å². The summed E-state index contributed by atoms with van der Waals surface area (Å²) in [6, 6.07) is 1.94. The summed E-state index contributed by atoms with van der Waals surface area (Å²) < 4.78 is 1.83. The number of amides is 1. The van der Waals surface area contributed by atoms with Crippen molar-refractivity contribution >= 4 is 16.9 Å². The summed E-state index contributed by atoms with van der Waals surface area (Å²) in [4.78, 5) is 17.2. The predicted molar refractivity (Wildman–Crippen MR) is 88.2 cm³/mol. The van der Waals surface area contributed by atoms with Crippen LogP contribution in [0.25, 0.3) is 11.0 Å². The second-order valence-electron chi connectivity index (χ2n) is 6.37. The molecule has 0 radical (unpaired) electrons. The lowest BCUT2D eigenvalue weighted by Crippen LogP contribution is -2.33. The third kappa shape index (κ3) is 2.99. The van der Waals surface area contributed by atoms with Gasteiger partial charge in [0.1, 0.15) is 0 Å². The first kappa shape index (κ1) is 15.7. The number of pyridine rings is 1. The highest BCUT2D eigenvalue weighted by Gasteiger charge is 2.22. The van der Waals surface area contributed by atoms with Gasteiger partial charge in [-0.3, -0.25) is 4.79 Å². The maximum absolute atomic E-state index is 12.7. The highest BCUT2D eigenvalue weighted by Crippen LogP contribution is 2.22. The van der Waals surface area contributed by atoms with E-state index in [2.05, 4.69) is 15.4 Å². The number of aromatic nitrogens is 3. The van der Waals surface area contributed by atoms with Crippen molar-refractivity contribution in [1.82, 2.24) is 20.1 Å². The number of nitrogens with one attached hydrogen (secondary N) is 1. The third-order valence-electron chi connectivity index (χ3n) is 4.15. The Labute approximate surface area is 135 Å². The second kappa shape index (κ2) is 6.12. The maximum atomic E-state index is 12.7. The van der Waals surface area contributed by atoms with Gasteiger partial charge in [-0.15, -0.1) is 0 Å². The summed E-state index contributed by atoms with van der Waals surface area (Å²) in [5.74, 6) is 0.000215. The third-order valence-corrected chi connectivity index (χ3v) is 4.15. The number of carbonyl (C=O) groups excluding carboxylic acids is 1. The summed E-state index contributed by atoms with van der Waals surface area (Å²) in [6.07, 6.45) is 6.34. The van der Waals surface area contributed by atoms with Gasteiger partial charge in [-0.1, -0.05) is 12.2 Å². The molecule has 2 heterocycles. The number of fused-ring (bicyclic) bond motifs is 1. The molecule has 122 valence electrons. The minimum Gasteiger partial charge on any atom is -0.396 e. The van der Waals surface area contributed by atoms with E-state index in [1.54, 1.807) is 12.3 Å². The molecule has 0 aliphatic heterocycles. The zero-order chi connectivity index (χ0) is 16.6. The molecule has 23 heavy (non-hydrogen) atoms. The van der Waals surface area contributed by atoms with Crippen molar-refractivity contribution in [2.45, 2.75) is 39.3 Å². The van der Waals surface area contributed by atoms with E-state index in [0.717, 1.165) is 23.1 Å². The highest BCUT2D eigenvalue weighted by atomic mass is 16.3. The lowest BCUT2D eigenvalue weighted by atomic mass is 10.1. The van der Waals surface area contributed by atoms with Crippen LogP contribution in [-0.4, -0.2) is 38.4 Å².